The maximum Gasteiger partial charge on any atom is 0.305 e. The summed E-state index contributed by atoms with van der Waals surface area (Å²) < 4.78 is 4.60. The van der Waals surface area contributed by atoms with Crippen LogP contribution in [-0.4, -0.2) is 41.3 Å². The lowest BCUT2D eigenvalue weighted by atomic mass is 9.86. The van der Waals surface area contributed by atoms with E-state index in [2.05, 4.69) is 11.7 Å². The number of methoxy groups -OCH3 is 1. The summed E-state index contributed by atoms with van der Waals surface area (Å²) in [5.41, 5.74) is 0. The Bertz CT molecular complexity index is 446. The summed E-state index contributed by atoms with van der Waals surface area (Å²) in [7, 11) is 1.39. The standard InChI is InChI=1S/C21H36O5/c1-3-4-7-10-16(22)13-14-18-17(19(23)15-20(18)24)11-8-5-6-9-12-21(25)26-2/h5,8,17-20,23-24H,3-4,6-7,9-15H2,1-2H3/b8-5-/t17-,18-,19?,20?/m1/s1. The van der Waals surface area contributed by atoms with E-state index in [1.54, 1.807) is 0 Å². The summed E-state index contributed by atoms with van der Waals surface area (Å²) in [6.07, 6.45) is 11.0. The molecule has 0 aromatic heterocycles. The Kier molecular flexibility index (Phi) is 11.5. The first kappa shape index (κ1) is 22.8. The number of rotatable bonds is 13. The number of carbonyl (C=O) groups excluding carboxylic acids is 2. The molecule has 0 aromatic carbocycles. The van der Waals surface area contributed by atoms with Gasteiger partial charge < -0.3 is 14.9 Å². The van der Waals surface area contributed by atoms with Crippen LogP contribution >= 0.6 is 0 Å². The molecule has 1 rings (SSSR count). The number of aliphatic hydroxyl groups is 2. The van der Waals surface area contributed by atoms with Gasteiger partial charge in [0, 0.05) is 19.3 Å². The van der Waals surface area contributed by atoms with Crippen molar-refractivity contribution in [2.45, 2.75) is 89.8 Å². The van der Waals surface area contributed by atoms with Crippen molar-refractivity contribution in [2.24, 2.45) is 11.8 Å². The van der Waals surface area contributed by atoms with Crippen LogP contribution in [-0.2, 0) is 14.3 Å². The highest BCUT2D eigenvalue weighted by atomic mass is 16.5. The summed E-state index contributed by atoms with van der Waals surface area (Å²) in [6, 6.07) is 0. The quantitative estimate of drug-likeness (QED) is 0.295. The van der Waals surface area contributed by atoms with E-state index < -0.39 is 12.2 Å². The Labute approximate surface area is 157 Å². The van der Waals surface area contributed by atoms with E-state index in [0.717, 1.165) is 32.1 Å². The van der Waals surface area contributed by atoms with Gasteiger partial charge in [0.15, 0.2) is 0 Å². The normalized spacial score (nSPS) is 25.7. The Morgan fingerprint density at radius 3 is 2.42 bits per heavy atom. The molecular weight excluding hydrogens is 332 g/mol. The monoisotopic (exact) mass is 368 g/mol. The largest absolute Gasteiger partial charge is 0.469 e. The third-order valence-corrected chi connectivity index (χ3v) is 5.39. The fourth-order valence-electron chi connectivity index (χ4n) is 3.77. The Hall–Kier alpha value is -1.20. The zero-order valence-corrected chi connectivity index (χ0v) is 16.4. The maximum absolute atomic E-state index is 12.0. The second kappa shape index (κ2) is 13.0. The molecule has 0 bridgehead atoms. The molecule has 2 unspecified atom stereocenters. The van der Waals surface area contributed by atoms with Gasteiger partial charge in [-0.1, -0.05) is 31.9 Å². The van der Waals surface area contributed by atoms with Gasteiger partial charge >= 0.3 is 5.97 Å². The highest BCUT2D eigenvalue weighted by Crippen LogP contribution is 2.38. The second-order valence-corrected chi connectivity index (χ2v) is 7.41. The van der Waals surface area contributed by atoms with Gasteiger partial charge in [0.2, 0.25) is 0 Å². The molecule has 0 aromatic rings. The van der Waals surface area contributed by atoms with Crippen molar-refractivity contribution in [2.75, 3.05) is 7.11 Å². The number of hydrogen-bond donors (Lipinski definition) is 2. The first-order valence-electron chi connectivity index (χ1n) is 10.1. The fraction of sp³-hybridized carbons (Fsp3) is 0.810. The lowest BCUT2D eigenvalue weighted by Crippen LogP contribution is -2.22. The molecule has 2 N–H and O–H groups in total. The van der Waals surface area contributed by atoms with Gasteiger partial charge in [0.1, 0.15) is 5.78 Å². The molecule has 4 atom stereocenters. The molecule has 1 aliphatic carbocycles. The van der Waals surface area contributed by atoms with E-state index in [9.17, 15) is 19.8 Å². The lowest BCUT2D eigenvalue weighted by Gasteiger charge is -2.22. The molecule has 0 amide bonds. The number of ether oxygens (including phenoxy) is 1. The number of unbranched alkanes of at least 4 members (excludes halogenated alkanes) is 3. The summed E-state index contributed by atoms with van der Waals surface area (Å²) in [6.45, 7) is 2.12. The highest BCUT2D eigenvalue weighted by Gasteiger charge is 2.40. The topological polar surface area (TPSA) is 83.8 Å². The van der Waals surface area contributed by atoms with E-state index in [0.29, 0.717) is 38.5 Å². The third-order valence-electron chi connectivity index (χ3n) is 5.39. The molecule has 150 valence electrons. The number of hydrogen-bond acceptors (Lipinski definition) is 5. The molecule has 5 heteroatoms. The molecule has 0 aliphatic heterocycles. The number of carbonyl (C=O) groups is 2. The molecule has 1 aliphatic rings. The number of ketones is 1. The van der Waals surface area contributed by atoms with Gasteiger partial charge in [0.25, 0.3) is 0 Å². The average Bonchev–Trinajstić information content (AvgIpc) is 2.89. The minimum Gasteiger partial charge on any atom is -0.469 e. The molecule has 0 spiro atoms. The predicted molar refractivity (Wildman–Crippen MR) is 102 cm³/mol. The van der Waals surface area contributed by atoms with Crippen molar-refractivity contribution in [1.29, 1.82) is 0 Å². The van der Waals surface area contributed by atoms with Crippen molar-refractivity contribution in [3.05, 3.63) is 12.2 Å². The van der Waals surface area contributed by atoms with Crippen molar-refractivity contribution < 1.29 is 24.5 Å². The van der Waals surface area contributed by atoms with E-state index in [1.165, 1.54) is 7.11 Å². The minimum absolute atomic E-state index is 0.00491. The molecule has 1 saturated carbocycles. The lowest BCUT2D eigenvalue weighted by molar-refractivity contribution is -0.140. The van der Waals surface area contributed by atoms with E-state index in [1.807, 2.05) is 12.2 Å². The van der Waals surface area contributed by atoms with Crippen LogP contribution in [0.4, 0.5) is 0 Å². The molecular formula is C21H36O5. The van der Waals surface area contributed by atoms with Crippen LogP contribution < -0.4 is 0 Å². The zero-order chi connectivity index (χ0) is 19.4. The van der Waals surface area contributed by atoms with E-state index in [4.69, 9.17) is 0 Å². The van der Waals surface area contributed by atoms with Crippen LogP contribution in [0.25, 0.3) is 0 Å². The molecule has 0 heterocycles. The SMILES string of the molecule is CCCCCC(=O)CC[C@H]1C(O)CC(O)[C@@H]1C/C=C\CCCC(=O)OC. The van der Waals surface area contributed by atoms with Crippen LogP contribution in [0.5, 0.6) is 0 Å². The smallest absolute Gasteiger partial charge is 0.305 e. The van der Waals surface area contributed by atoms with Crippen LogP contribution in [0, 0.1) is 11.8 Å². The van der Waals surface area contributed by atoms with Crippen LogP contribution in [0.15, 0.2) is 12.2 Å². The van der Waals surface area contributed by atoms with Crippen molar-refractivity contribution in [1.82, 2.24) is 0 Å². The molecule has 0 radical (unpaired) electrons. The second-order valence-electron chi connectivity index (χ2n) is 7.41. The molecule has 5 nitrogen and oxygen atoms in total. The summed E-state index contributed by atoms with van der Waals surface area (Å²) in [4.78, 5) is 23.0. The van der Waals surface area contributed by atoms with Gasteiger partial charge in [-0.2, -0.15) is 0 Å². The van der Waals surface area contributed by atoms with Crippen LogP contribution in [0.3, 0.4) is 0 Å². The number of Topliss-reactive ketones (excluding diaryl/α,β-unsaturated/α-hetero) is 1. The summed E-state index contributed by atoms with van der Waals surface area (Å²) in [5.74, 6) is 0.0608. The van der Waals surface area contributed by atoms with Crippen molar-refractivity contribution in [3.63, 3.8) is 0 Å². The summed E-state index contributed by atoms with van der Waals surface area (Å²) >= 11 is 0. The molecule has 1 fully saturated rings. The Morgan fingerprint density at radius 1 is 1.00 bits per heavy atom. The van der Waals surface area contributed by atoms with Gasteiger partial charge in [0.05, 0.1) is 19.3 Å². The van der Waals surface area contributed by atoms with Crippen LogP contribution in [0.1, 0.15) is 77.6 Å². The predicted octanol–water partition coefficient (Wildman–Crippen LogP) is 3.56. The average molecular weight is 369 g/mol. The fourth-order valence-corrected chi connectivity index (χ4v) is 3.77. The van der Waals surface area contributed by atoms with Gasteiger partial charge in [-0.05, 0) is 50.4 Å². The third kappa shape index (κ3) is 8.45. The summed E-state index contributed by atoms with van der Waals surface area (Å²) in [5, 5.41) is 20.5. The van der Waals surface area contributed by atoms with Crippen molar-refractivity contribution in [3.8, 4) is 0 Å². The zero-order valence-electron chi connectivity index (χ0n) is 16.4. The number of aliphatic hydroxyl groups excluding tert-OH is 2. The van der Waals surface area contributed by atoms with Gasteiger partial charge in [-0.3, -0.25) is 9.59 Å². The Morgan fingerprint density at radius 2 is 1.73 bits per heavy atom. The number of allylic oxidation sites excluding steroid dienone is 2. The minimum atomic E-state index is -0.522. The van der Waals surface area contributed by atoms with E-state index >= 15 is 0 Å². The van der Waals surface area contributed by atoms with Crippen LogP contribution in [0.2, 0.25) is 0 Å². The van der Waals surface area contributed by atoms with Crippen molar-refractivity contribution >= 4 is 11.8 Å². The van der Waals surface area contributed by atoms with E-state index in [-0.39, 0.29) is 23.6 Å². The molecule has 0 saturated heterocycles. The molecule has 26 heavy (non-hydrogen) atoms. The highest BCUT2D eigenvalue weighted by molar-refractivity contribution is 5.78. The van der Waals surface area contributed by atoms with Gasteiger partial charge in [-0.15, -0.1) is 0 Å². The maximum atomic E-state index is 12.0. The first-order chi connectivity index (χ1) is 12.5. The Balaban J connectivity index is 2.36. The first-order valence-corrected chi connectivity index (χ1v) is 10.1. The number of esters is 1. The van der Waals surface area contributed by atoms with Gasteiger partial charge in [-0.25, -0.2) is 0 Å².